The van der Waals surface area contributed by atoms with Crippen molar-refractivity contribution in [2.45, 2.75) is 51.5 Å². The number of rotatable bonds is 6. The van der Waals surface area contributed by atoms with Crippen LogP contribution in [0, 0.1) is 11.8 Å². The van der Waals surface area contributed by atoms with Crippen molar-refractivity contribution in [1.82, 2.24) is 10.6 Å². The predicted molar refractivity (Wildman–Crippen MR) is 65.2 cm³/mol. The van der Waals surface area contributed by atoms with E-state index in [1.807, 2.05) is 0 Å². The maximum absolute atomic E-state index is 11.8. The zero-order valence-corrected chi connectivity index (χ0v) is 10.3. The van der Waals surface area contributed by atoms with Crippen LogP contribution < -0.4 is 10.6 Å². The molecule has 3 nitrogen and oxygen atoms in total. The van der Waals surface area contributed by atoms with Crippen LogP contribution in [-0.4, -0.2) is 25.0 Å². The fraction of sp³-hybridized carbons (Fsp3) is 0.923. The summed E-state index contributed by atoms with van der Waals surface area (Å²) in [5, 5.41) is 6.51. The Balaban J connectivity index is 1.66. The number of nitrogens with one attached hydrogen (secondary N) is 2. The van der Waals surface area contributed by atoms with Crippen LogP contribution in [0.25, 0.3) is 0 Å². The number of hydrogen-bond donors (Lipinski definition) is 2. The summed E-state index contributed by atoms with van der Waals surface area (Å²) in [6.07, 6.45) is 6.90. The van der Waals surface area contributed by atoms with Crippen LogP contribution in [0.2, 0.25) is 0 Å². The van der Waals surface area contributed by atoms with Crippen molar-refractivity contribution < 1.29 is 4.79 Å². The summed E-state index contributed by atoms with van der Waals surface area (Å²) in [7, 11) is 0. The van der Waals surface area contributed by atoms with Crippen molar-refractivity contribution in [3.63, 3.8) is 0 Å². The third kappa shape index (κ3) is 3.78. The molecule has 0 bridgehead atoms. The van der Waals surface area contributed by atoms with Gasteiger partial charge in [-0.05, 0) is 44.2 Å². The Labute approximate surface area is 98.4 Å². The van der Waals surface area contributed by atoms with Gasteiger partial charge in [-0.15, -0.1) is 0 Å². The molecule has 0 aromatic carbocycles. The lowest BCUT2D eigenvalue weighted by Gasteiger charge is -2.17. The van der Waals surface area contributed by atoms with E-state index in [4.69, 9.17) is 0 Å². The zero-order valence-electron chi connectivity index (χ0n) is 10.3. The average molecular weight is 224 g/mol. The molecule has 1 amide bonds. The molecule has 0 aromatic heterocycles. The maximum atomic E-state index is 11.8. The number of amides is 1. The van der Waals surface area contributed by atoms with Gasteiger partial charge < -0.3 is 10.6 Å². The van der Waals surface area contributed by atoms with Crippen LogP contribution in [-0.2, 0) is 4.79 Å². The molecule has 2 aliphatic rings. The van der Waals surface area contributed by atoms with Crippen LogP contribution in [0.15, 0.2) is 0 Å². The molecule has 92 valence electrons. The number of carbonyl (C=O) groups excluding carboxylic acids is 1. The van der Waals surface area contributed by atoms with Gasteiger partial charge in [0.15, 0.2) is 0 Å². The largest absolute Gasteiger partial charge is 0.353 e. The third-order valence-corrected chi connectivity index (χ3v) is 3.81. The first kappa shape index (κ1) is 11.9. The minimum atomic E-state index is 0.265. The van der Waals surface area contributed by atoms with E-state index in [0.717, 1.165) is 31.8 Å². The van der Waals surface area contributed by atoms with E-state index in [1.54, 1.807) is 0 Å². The van der Waals surface area contributed by atoms with Crippen molar-refractivity contribution >= 4 is 5.91 Å². The normalized spacial score (nSPS) is 26.7. The van der Waals surface area contributed by atoms with Gasteiger partial charge in [-0.2, -0.15) is 0 Å². The summed E-state index contributed by atoms with van der Waals surface area (Å²) in [5.41, 5.74) is 0. The molecule has 2 N–H and O–H groups in total. The minimum Gasteiger partial charge on any atom is -0.353 e. The van der Waals surface area contributed by atoms with Crippen LogP contribution >= 0.6 is 0 Å². The summed E-state index contributed by atoms with van der Waals surface area (Å²) in [6.45, 7) is 4.27. The van der Waals surface area contributed by atoms with Gasteiger partial charge in [0.1, 0.15) is 0 Å². The zero-order chi connectivity index (χ0) is 11.4. The van der Waals surface area contributed by atoms with E-state index < -0.39 is 0 Å². The van der Waals surface area contributed by atoms with Crippen molar-refractivity contribution in [3.05, 3.63) is 0 Å². The lowest BCUT2D eigenvalue weighted by atomic mass is 10.0. The van der Waals surface area contributed by atoms with Crippen LogP contribution in [0.5, 0.6) is 0 Å². The first-order chi connectivity index (χ1) is 7.78. The fourth-order valence-corrected chi connectivity index (χ4v) is 2.52. The molecule has 2 fully saturated rings. The Morgan fingerprint density at radius 1 is 1.38 bits per heavy atom. The van der Waals surface area contributed by atoms with E-state index in [-0.39, 0.29) is 5.91 Å². The van der Waals surface area contributed by atoms with Crippen LogP contribution in [0.3, 0.4) is 0 Å². The van der Waals surface area contributed by atoms with Crippen LogP contribution in [0.4, 0.5) is 0 Å². The highest BCUT2D eigenvalue weighted by molar-refractivity contribution is 5.76. The average Bonchev–Trinajstić information content (AvgIpc) is 2.93. The van der Waals surface area contributed by atoms with E-state index >= 15 is 0 Å². The minimum absolute atomic E-state index is 0.265. The highest BCUT2D eigenvalue weighted by Crippen LogP contribution is 2.34. The SMILES string of the molecule is CCC(CC1CC1)NC(=O)CC1CCNC1. The molecule has 1 aliphatic carbocycles. The van der Waals surface area contributed by atoms with Gasteiger partial charge in [0.25, 0.3) is 0 Å². The predicted octanol–water partition coefficient (Wildman–Crippen LogP) is 1.68. The Kier molecular flexibility index (Phi) is 4.22. The fourth-order valence-electron chi connectivity index (χ4n) is 2.52. The topological polar surface area (TPSA) is 41.1 Å². The molecule has 3 heteroatoms. The molecule has 1 saturated carbocycles. The van der Waals surface area contributed by atoms with Crippen molar-refractivity contribution in [2.24, 2.45) is 11.8 Å². The van der Waals surface area contributed by atoms with E-state index in [9.17, 15) is 4.79 Å². The molecular formula is C13H24N2O. The van der Waals surface area contributed by atoms with Gasteiger partial charge in [0.05, 0.1) is 0 Å². The van der Waals surface area contributed by atoms with Gasteiger partial charge in [0, 0.05) is 12.5 Å². The molecule has 1 heterocycles. The van der Waals surface area contributed by atoms with E-state index in [1.165, 1.54) is 19.3 Å². The van der Waals surface area contributed by atoms with E-state index in [0.29, 0.717) is 18.4 Å². The van der Waals surface area contributed by atoms with Gasteiger partial charge in [-0.3, -0.25) is 4.79 Å². The maximum Gasteiger partial charge on any atom is 0.220 e. The van der Waals surface area contributed by atoms with Gasteiger partial charge in [0.2, 0.25) is 5.91 Å². The summed E-state index contributed by atoms with van der Waals surface area (Å²) in [4.78, 5) is 11.8. The number of carbonyl (C=O) groups is 1. The molecule has 1 saturated heterocycles. The number of hydrogen-bond acceptors (Lipinski definition) is 2. The Morgan fingerprint density at radius 3 is 2.75 bits per heavy atom. The van der Waals surface area contributed by atoms with Crippen molar-refractivity contribution in [2.75, 3.05) is 13.1 Å². The van der Waals surface area contributed by atoms with Crippen molar-refractivity contribution in [3.8, 4) is 0 Å². The standard InChI is InChI=1S/C13H24N2O/c1-2-12(7-10-3-4-10)15-13(16)8-11-5-6-14-9-11/h10-12,14H,2-9H2,1H3,(H,15,16). The molecule has 16 heavy (non-hydrogen) atoms. The van der Waals surface area contributed by atoms with Gasteiger partial charge in [-0.1, -0.05) is 19.8 Å². The molecule has 2 unspecified atom stereocenters. The molecule has 0 radical (unpaired) electrons. The third-order valence-electron chi connectivity index (χ3n) is 3.81. The van der Waals surface area contributed by atoms with Gasteiger partial charge >= 0.3 is 0 Å². The monoisotopic (exact) mass is 224 g/mol. The summed E-state index contributed by atoms with van der Waals surface area (Å²) in [6, 6.07) is 0.425. The van der Waals surface area contributed by atoms with E-state index in [2.05, 4.69) is 17.6 Å². The van der Waals surface area contributed by atoms with Crippen molar-refractivity contribution in [1.29, 1.82) is 0 Å². The molecule has 0 spiro atoms. The quantitative estimate of drug-likeness (QED) is 0.721. The first-order valence-electron chi connectivity index (χ1n) is 6.78. The Bertz CT molecular complexity index is 232. The van der Waals surface area contributed by atoms with Crippen LogP contribution in [0.1, 0.15) is 45.4 Å². The smallest absolute Gasteiger partial charge is 0.220 e. The lowest BCUT2D eigenvalue weighted by Crippen LogP contribution is -2.36. The lowest BCUT2D eigenvalue weighted by molar-refractivity contribution is -0.122. The highest BCUT2D eigenvalue weighted by Gasteiger charge is 2.26. The second-order valence-corrected chi connectivity index (χ2v) is 5.41. The molecular weight excluding hydrogens is 200 g/mol. The van der Waals surface area contributed by atoms with Gasteiger partial charge in [-0.25, -0.2) is 0 Å². The first-order valence-corrected chi connectivity index (χ1v) is 6.78. The second kappa shape index (κ2) is 5.67. The summed E-state index contributed by atoms with van der Waals surface area (Å²) in [5.74, 6) is 1.73. The molecule has 1 aliphatic heterocycles. The summed E-state index contributed by atoms with van der Waals surface area (Å²) < 4.78 is 0. The highest BCUT2D eigenvalue weighted by atomic mass is 16.1. The molecule has 2 rings (SSSR count). The Morgan fingerprint density at radius 2 is 2.19 bits per heavy atom. The molecule has 0 aromatic rings. The second-order valence-electron chi connectivity index (χ2n) is 5.41. The Hall–Kier alpha value is -0.570. The molecule has 2 atom stereocenters. The summed E-state index contributed by atoms with van der Waals surface area (Å²) >= 11 is 0.